The zero-order chi connectivity index (χ0) is 16.0. The van der Waals surface area contributed by atoms with Gasteiger partial charge in [0.1, 0.15) is 0 Å². The van der Waals surface area contributed by atoms with E-state index in [1.165, 1.54) is 4.31 Å². The minimum Gasteiger partial charge on any atom is -0.355 e. The van der Waals surface area contributed by atoms with Gasteiger partial charge in [-0.05, 0) is 37.9 Å². The first-order valence-corrected chi connectivity index (χ1v) is 8.94. The van der Waals surface area contributed by atoms with Crippen molar-refractivity contribution in [2.45, 2.75) is 17.7 Å². The summed E-state index contributed by atoms with van der Waals surface area (Å²) in [6, 6.07) is 8.52. The predicted octanol–water partition coefficient (Wildman–Crippen LogP) is 0.423. The Morgan fingerprint density at radius 3 is 2.45 bits per heavy atom. The fraction of sp³-hybridized carbons (Fsp3) is 0.533. The van der Waals surface area contributed by atoms with Gasteiger partial charge >= 0.3 is 0 Å². The van der Waals surface area contributed by atoms with Crippen molar-refractivity contribution in [2.24, 2.45) is 5.92 Å². The Kier molecular flexibility index (Phi) is 5.93. The van der Waals surface area contributed by atoms with Gasteiger partial charge in [0.15, 0.2) is 0 Å². The third-order valence-electron chi connectivity index (χ3n) is 3.88. The molecule has 1 aromatic carbocycles. The van der Waals surface area contributed by atoms with Crippen molar-refractivity contribution in [1.29, 1.82) is 0 Å². The number of amides is 1. The van der Waals surface area contributed by atoms with E-state index in [4.69, 9.17) is 0 Å². The van der Waals surface area contributed by atoms with Gasteiger partial charge in [-0.3, -0.25) is 4.79 Å². The molecule has 0 bridgehead atoms. The topological polar surface area (TPSA) is 78.5 Å². The average molecular weight is 325 g/mol. The van der Waals surface area contributed by atoms with Crippen LogP contribution in [0.15, 0.2) is 35.2 Å². The Balaban J connectivity index is 1.86. The molecule has 1 amide bonds. The summed E-state index contributed by atoms with van der Waals surface area (Å²) in [5.41, 5.74) is 0. The number of piperidine rings is 1. The fourth-order valence-electron chi connectivity index (χ4n) is 2.58. The molecule has 2 rings (SSSR count). The molecule has 0 aromatic heterocycles. The number of nitrogens with one attached hydrogen (secondary N) is 2. The van der Waals surface area contributed by atoms with Crippen molar-refractivity contribution in [3.8, 4) is 0 Å². The Labute approximate surface area is 131 Å². The highest BCUT2D eigenvalue weighted by molar-refractivity contribution is 7.89. The summed E-state index contributed by atoms with van der Waals surface area (Å²) < 4.78 is 26.5. The van der Waals surface area contributed by atoms with Crippen LogP contribution in [0.3, 0.4) is 0 Å². The number of likely N-dealkylation sites (N-methyl/N-ethyl adjacent to an activating group) is 1. The van der Waals surface area contributed by atoms with Crippen LogP contribution in [0.5, 0.6) is 0 Å². The average Bonchev–Trinajstić information content (AvgIpc) is 2.54. The molecule has 0 unspecified atom stereocenters. The van der Waals surface area contributed by atoms with Crippen molar-refractivity contribution in [2.75, 3.05) is 33.2 Å². The molecule has 0 radical (unpaired) electrons. The second-order valence-electron chi connectivity index (χ2n) is 5.49. The minimum absolute atomic E-state index is 0.0261. The summed E-state index contributed by atoms with van der Waals surface area (Å²) in [5, 5.41) is 5.67. The zero-order valence-corrected chi connectivity index (χ0v) is 13.6. The fourth-order valence-corrected chi connectivity index (χ4v) is 4.07. The molecule has 1 heterocycles. The van der Waals surface area contributed by atoms with E-state index in [1.807, 2.05) is 0 Å². The van der Waals surface area contributed by atoms with E-state index in [0.717, 1.165) is 12.8 Å². The molecule has 1 fully saturated rings. The van der Waals surface area contributed by atoms with Crippen LogP contribution in [0.1, 0.15) is 12.8 Å². The first kappa shape index (κ1) is 16.9. The highest BCUT2D eigenvalue weighted by Gasteiger charge is 2.29. The maximum absolute atomic E-state index is 12.5. The van der Waals surface area contributed by atoms with Crippen molar-refractivity contribution in [3.05, 3.63) is 30.3 Å². The molecule has 1 aliphatic rings. The standard InChI is InChI=1S/C15H23N3O3S/c1-16-12-15(19)17-11-13-7-9-18(10-8-13)22(20,21)14-5-3-2-4-6-14/h2-6,13,16H,7-12H2,1H3,(H,17,19). The molecule has 0 saturated carbocycles. The van der Waals surface area contributed by atoms with E-state index in [2.05, 4.69) is 10.6 Å². The number of hydrogen-bond donors (Lipinski definition) is 2. The van der Waals surface area contributed by atoms with Crippen molar-refractivity contribution in [1.82, 2.24) is 14.9 Å². The maximum atomic E-state index is 12.5. The molecule has 7 heteroatoms. The van der Waals surface area contributed by atoms with E-state index in [-0.39, 0.29) is 5.91 Å². The number of carbonyl (C=O) groups is 1. The van der Waals surface area contributed by atoms with Crippen LogP contribution in [0, 0.1) is 5.92 Å². The molecular weight excluding hydrogens is 302 g/mol. The molecule has 122 valence electrons. The van der Waals surface area contributed by atoms with Crippen LogP contribution in [0.4, 0.5) is 0 Å². The summed E-state index contributed by atoms with van der Waals surface area (Å²) in [6.07, 6.45) is 1.54. The number of benzene rings is 1. The highest BCUT2D eigenvalue weighted by atomic mass is 32.2. The number of hydrogen-bond acceptors (Lipinski definition) is 4. The number of carbonyl (C=O) groups excluding carboxylic acids is 1. The van der Waals surface area contributed by atoms with E-state index < -0.39 is 10.0 Å². The first-order chi connectivity index (χ1) is 10.5. The van der Waals surface area contributed by atoms with Crippen LogP contribution in [-0.2, 0) is 14.8 Å². The van der Waals surface area contributed by atoms with Crippen molar-refractivity contribution in [3.63, 3.8) is 0 Å². The van der Waals surface area contributed by atoms with Gasteiger partial charge in [0.25, 0.3) is 0 Å². The molecule has 1 aromatic rings. The molecule has 1 saturated heterocycles. The third-order valence-corrected chi connectivity index (χ3v) is 5.79. The molecule has 2 N–H and O–H groups in total. The van der Waals surface area contributed by atoms with Gasteiger partial charge in [-0.25, -0.2) is 8.42 Å². The van der Waals surface area contributed by atoms with Gasteiger partial charge in [-0.2, -0.15) is 4.31 Å². The van der Waals surface area contributed by atoms with Gasteiger partial charge < -0.3 is 10.6 Å². The highest BCUT2D eigenvalue weighted by Crippen LogP contribution is 2.23. The van der Waals surface area contributed by atoms with Crippen LogP contribution < -0.4 is 10.6 Å². The summed E-state index contributed by atoms with van der Waals surface area (Å²) in [4.78, 5) is 11.8. The molecule has 0 atom stereocenters. The van der Waals surface area contributed by atoms with Crippen molar-refractivity contribution >= 4 is 15.9 Å². The van der Waals surface area contributed by atoms with Gasteiger partial charge in [0.2, 0.25) is 15.9 Å². The van der Waals surface area contributed by atoms with Crippen LogP contribution >= 0.6 is 0 Å². The molecule has 0 spiro atoms. The summed E-state index contributed by atoms with van der Waals surface area (Å²) in [5.74, 6) is 0.310. The minimum atomic E-state index is -3.39. The third kappa shape index (κ3) is 4.28. The molecule has 6 nitrogen and oxygen atoms in total. The second-order valence-corrected chi connectivity index (χ2v) is 7.43. The first-order valence-electron chi connectivity index (χ1n) is 7.50. The molecular formula is C15H23N3O3S. The Morgan fingerprint density at radius 2 is 1.86 bits per heavy atom. The SMILES string of the molecule is CNCC(=O)NCC1CCN(S(=O)(=O)c2ccccc2)CC1. The number of sulfonamides is 1. The Hall–Kier alpha value is -1.44. The second kappa shape index (κ2) is 7.71. The monoisotopic (exact) mass is 325 g/mol. The molecule has 1 aliphatic heterocycles. The summed E-state index contributed by atoms with van der Waals surface area (Å²) in [7, 11) is -1.66. The number of rotatable bonds is 6. The summed E-state index contributed by atoms with van der Waals surface area (Å²) >= 11 is 0. The molecule has 22 heavy (non-hydrogen) atoms. The zero-order valence-electron chi connectivity index (χ0n) is 12.8. The van der Waals surface area contributed by atoms with Gasteiger partial charge in [0.05, 0.1) is 11.4 Å². The maximum Gasteiger partial charge on any atom is 0.243 e. The lowest BCUT2D eigenvalue weighted by Crippen LogP contribution is -2.42. The van der Waals surface area contributed by atoms with E-state index in [9.17, 15) is 13.2 Å². The van der Waals surface area contributed by atoms with Crippen LogP contribution in [-0.4, -0.2) is 51.9 Å². The molecule has 0 aliphatic carbocycles. The van der Waals surface area contributed by atoms with E-state index in [1.54, 1.807) is 37.4 Å². The van der Waals surface area contributed by atoms with Crippen molar-refractivity contribution < 1.29 is 13.2 Å². The van der Waals surface area contributed by atoms with Crippen LogP contribution in [0.25, 0.3) is 0 Å². The largest absolute Gasteiger partial charge is 0.355 e. The van der Waals surface area contributed by atoms with Gasteiger partial charge in [0, 0.05) is 19.6 Å². The lowest BCUT2D eigenvalue weighted by molar-refractivity contribution is -0.120. The van der Waals surface area contributed by atoms with E-state index in [0.29, 0.717) is 37.0 Å². The lowest BCUT2D eigenvalue weighted by Gasteiger charge is -2.31. The predicted molar refractivity (Wildman–Crippen MR) is 84.9 cm³/mol. The smallest absolute Gasteiger partial charge is 0.243 e. The number of nitrogens with zero attached hydrogens (tertiary/aromatic N) is 1. The lowest BCUT2D eigenvalue weighted by atomic mass is 9.98. The summed E-state index contributed by atoms with van der Waals surface area (Å²) in [6.45, 7) is 1.93. The quantitative estimate of drug-likeness (QED) is 0.795. The van der Waals surface area contributed by atoms with E-state index >= 15 is 0 Å². The Bertz CT molecular complexity index is 581. The normalized spacial score (nSPS) is 17.3. The van der Waals surface area contributed by atoms with Crippen LogP contribution in [0.2, 0.25) is 0 Å². The van der Waals surface area contributed by atoms with Gasteiger partial charge in [-0.1, -0.05) is 18.2 Å². The van der Waals surface area contributed by atoms with Gasteiger partial charge in [-0.15, -0.1) is 0 Å². The Morgan fingerprint density at radius 1 is 1.23 bits per heavy atom.